The van der Waals surface area contributed by atoms with Crippen LogP contribution < -0.4 is 0 Å². The summed E-state index contributed by atoms with van der Waals surface area (Å²) in [6.07, 6.45) is 0.929. The predicted molar refractivity (Wildman–Crippen MR) is 135 cm³/mol. The van der Waals surface area contributed by atoms with E-state index < -0.39 is 0 Å². The Morgan fingerprint density at radius 1 is 0.968 bits per heavy atom. The van der Waals surface area contributed by atoms with Crippen LogP contribution in [0.2, 0.25) is 0 Å². The molecule has 0 amide bonds. The van der Waals surface area contributed by atoms with E-state index >= 15 is 0 Å². The highest BCUT2D eigenvalue weighted by Gasteiger charge is 2.26. The van der Waals surface area contributed by atoms with Crippen LogP contribution in [0.1, 0.15) is 87.1 Å². The van der Waals surface area contributed by atoms with Crippen molar-refractivity contribution in [3.8, 4) is 0 Å². The molecule has 31 heavy (non-hydrogen) atoms. The first-order valence-corrected chi connectivity index (χ1v) is 12.1. The molecule has 2 heterocycles. The summed E-state index contributed by atoms with van der Waals surface area (Å²) in [6.45, 7) is 20.3. The van der Waals surface area contributed by atoms with Crippen LogP contribution in [0.25, 0.3) is 21.0 Å². The molecule has 1 unspecified atom stereocenters. The van der Waals surface area contributed by atoms with Crippen molar-refractivity contribution in [2.24, 2.45) is 0 Å². The summed E-state index contributed by atoms with van der Waals surface area (Å²) < 4.78 is 8.18. The van der Waals surface area contributed by atoms with Crippen LogP contribution in [-0.2, 0) is 11.8 Å². The van der Waals surface area contributed by atoms with Crippen LogP contribution in [-0.4, -0.2) is 14.2 Å². The zero-order valence-corrected chi connectivity index (χ0v) is 21.2. The fourth-order valence-corrected chi connectivity index (χ4v) is 6.02. The molecular formula is C27H35N3S. The Kier molecular flexibility index (Phi) is 5.49. The van der Waals surface area contributed by atoms with Gasteiger partial charge < -0.3 is 0 Å². The Morgan fingerprint density at radius 3 is 2.29 bits per heavy atom. The molecular weight excluding hydrogens is 398 g/mol. The van der Waals surface area contributed by atoms with Gasteiger partial charge in [-0.15, -0.1) is 0 Å². The Hall–Kier alpha value is -2.20. The van der Waals surface area contributed by atoms with Gasteiger partial charge in [-0.25, -0.2) is 0 Å². The predicted octanol–water partition coefficient (Wildman–Crippen LogP) is 7.80. The fourth-order valence-electron chi connectivity index (χ4n) is 5.21. The molecule has 0 aliphatic carbocycles. The third-order valence-electron chi connectivity index (χ3n) is 6.45. The molecule has 4 rings (SSSR count). The van der Waals surface area contributed by atoms with Crippen LogP contribution in [0.5, 0.6) is 0 Å². The van der Waals surface area contributed by atoms with Gasteiger partial charge in [0.25, 0.3) is 0 Å². The summed E-state index contributed by atoms with van der Waals surface area (Å²) in [5.41, 5.74) is 9.28. The molecule has 2 aromatic heterocycles. The topological polar surface area (TPSA) is 30.7 Å². The molecule has 164 valence electrons. The number of hydrogen-bond donors (Lipinski definition) is 0. The van der Waals surface area contributed by atoms with Gasteiger partial charge in [0.2, 0.25) is 0 Å². The summed E-state index contributed by atoms with van der Waals surface area (Å²) in [5, 5.41) is 7.84. The lowest BCUT2D eigenvalue weighted by Gasteiger charge is -2.24. The Morgan fingerprint density at radius 2 is 1.65 bits per heavy atom. The maximum absolute atomic E-state index is 5.19. The highest BCUT2D eigenvalue weighted by Crippen LogP contribution is 2.39. The summed E-state index contributed by atoms with van der Waals surface area (Å²) in [7, 11) is 0. The minimum atomic E-state index is 0.0702. The van der Waals surface area contributed by atoms with Gasteiger partial charge in [0.05, 0.1) is 21.6 Å². The van der Waals surface area contributed by atoms with Gasteiger partial charge in [0.15, 0.2) is 0 Å². The largest absolute Gasteiger partial charge is 0.262 e. The average Bonchev–Trinajstić information content (AvgIpc) is 3.21. The highest BCUT2D eigenvalue weighted by atomic mass is 32.1. The summed E-state index contributed by atoms with van der Waals surface area (Å²) >= 11 is 1.61. The number of fused-ring (bicyclic) bond motifs is 2. The summed E-state index contributed by atoms with van der Waals surface area (Å²) in [6, 6.07) is 9.36. The zero-order valence-electron chi connectivity index (χ0n) is 20.4. The lowest BCUT2D eigenvalue weighted by Crippen LogP contribution is -2.16. The molecule has 4 aromatic rings. The average molecular weight is 434 g/mol. The van der Waals surface area contributed by atoms with E-state index in [1.165, 1.54) is 48.9 Å². The fraction of sp³-hybridized carbons (Fsp3) is 0.481. The van der Waals surface area contributed by atoms with E-state index in [4.69, 9.17) is 5.10 Å². The van der Waals surface area contributed by atoms with Crippen molar-refractivity contribution in [2.45, 2.75) is 86.1 Å². The number of rotatable bonds is 4. The lowest BCUT2D eigenvalue weighted by atomic mass is 9.82. The smallest absolute Gasteiger partial charge is 0.0728 e. The number of aromatic nitrogens is 3. The molecule has 0 N–H and O–H groups in total. The minimum absolute atomic E-state index is 0.0702. The SMILES string of the molecule is Cc1ccc2snc(C)c2c1C(C)Cc1nn(C(C)C)c2c(C(C)(C)C)c(C)ccc12. The molecule has 1 atom stereocenters. The van der Waals surface area contributed by atoms with E-state index in [9.17, 15) is 0 Å². The minimum Gasteiger partial charge on any atom is -0.262 e. The van der Waals surface area contributed by atoms with Crippen molar-refractivity contribution in [3.63, 3.8) is 0 Å². The second-order valence-corrected chi connectivity index (χ2v) is 11.2. The molecule has 0 aliphatic rings. The van der Waals surface area contributed by atoms with E-state index in [0.29, 0.717) is 12.0 Å². The normalized spacial score (nSPS) is 13.6. The van der Waals surface area contributed by atoms with Crippen molar-refractivity contribution >= 4 is 32.5 Å². The van der Waals surface area contributed by atoms with E-state index in [0.717, 1.165) is 12.1 Å². The molecule has 4 heteroatoms. The van der Waals surface area contributed by atoms with E-state index in [2.05, 4.69) is 95.6 Å². The van der Waals surface area contributed by atoms with Crippen molar-refractivity contribution in [2.75, 3.05) is 0 Å². The highest BCUT2D eigenvalue weighted by molar-refractivity contribution is 7.13. The second-order valence-electron chi connectivity index (χ2n) is 10.4. The lowest BCUT2D eigenvalue weighted by molar-refractivity contribution is 0.528. The number of aryl methyl sites for hydroxylation is 3. The van der Waals surface area contributed by atoms with Gasteiger partial charge in [-0.1, -0.05) is 45.9 Å². The number of nitrogens with zero attached hydrogens (tertiary/aromatic N) is 3. The summed E-state index contributed by atoms with van der Waals surface area (Å²) in [5.74, 6) is 0.372. The van der Waals surface area contributed by atoms with Crippen LogP contribution in [0.3, 0.4) is 0 Å². The van der Waals surface area contributed by atoms with E-state index in [1.807, 2.05) is 0 Å². The Bertz CT molecular complexity index is 1270. The molecule has 3 nitrogen and oxygen atoms in total. The van der Waals surface area contributed by atoms with Crippen LogP contribution in [0.15, 0.2) is 24.3 Å². The van der Waals surface area contributed by atoms with Gasteiger partial charge in [-0.05, 0) is 92.2 Å². The Labute approximate surface area is 190 Å². The molecule has 0 saturated carbocycles. The molecule has 0 fully saturated rings. The third kappa shape index (κ3) is 3.69. The van der Waals surface area contributed by atoms with Gasteiger partial charge in [-0.3, -0.25) is 4.68 Å². The van der Waals surface area contributed by atoms with Gasteiger partial charge >= 0.3 is 0 Å². The first-order chi connectivity index (χ1) is 14.5. The molecule has 0 aliphatic heterocycles. The first kappa shape index (κ1) is 22.0. The first-order valence-electron chi connectivity index (χ1n) is 11.4. The summed E-state index contributed by atoms with van der Waals surface area (Å²) in [4.78, 5) is 0. The molecule has 0 spiro atoms. The van der Waals surface area contributed by atoms with Crippen molar-refractivity contribution < 1.29 is 0 Å². The molecule has 0 bridgehead atoms. The van der Waals surface area contributed by atoms with E-state index in [-0.39, 0.29) is 5.41 Å². The van der Waals surface area contributed by atoms with Gasteiger partial charge in [0, 0.05) is 16.8 Å². The van der Waals surface area contributed by atoms with Gasteiger partial charge in [0.1, 0.15) is 0 Å². The third-order valence-corrected chi connectivity index (χ3v) is 7.36. The molecule has 0 saturated heterocycles. The monoisotopic (exact) mass is 433 g/mol. The zero-order chi connectivity index (χ0) is 22.7. The number of benzene rings is 2. The standard InChI is InChI=1S/C27H35N3S/c1-15(2)30-26-20(12-10-17(4)25(26)27(7,8)9)21(28-30)14-18(5)23-16(3)11-13-22-24(23)19(6)29-31-22/h10-13,15,18H,14H2,1-9H3. The van der Waals surface area contributed by atoms with Crippen molar-refractivity contribution in [1.82, 2.24) is 14.2 Å². The molecule has 0 radical (unpaired) electrons. The van der Waals surface area contributed by atoms with Crippen LogP contribution in [0.4, 0.5) is 0 Å². The number of hydrogen-bond acceptors (Lipinski definition) is 3. The van der Waals surface area contributed by atoms with E-state index in [1.54, 1.807) is 11.5 Å². The quantitative estimate of drug-likeness (QED) is 0.329. The van der Waals surface area contributed by atoms with Crippen LogP contribution >= 0.6 is 11.5 Å². The Balaban J connectivity index is 1.89. The van der Waals surface area contributed by atoms with Crippen molar-refractivity contribution in [1.29, 1.82) is 0 Å². The maximum Gasteiger partial charge on any atom is 0.0728 e. The van der Waals surface area contributed by atoms with Crippen molar-refractivity contribution in [3.05, 3.63) is 57.9 Å². The maximum atomic E-state index is 5.19. The second kappa shape index (κ2) is 7.74. The van der Waals surface area contributed by atoms with Crippen LogP contribution in [0, 0.1) is 20.8 Å². The van der Waals surface area contributed by atoms with Gasteiger partial charge in [-0.2, -0.15) is 9.47 Å². The molecule has 2 aromatic carbocycles.